The number of carbonyl (C=O) groups is 4. The van der Waals surface area contributed by atoms with Crippen LogP contribution in [0.5, 0.6) is 11.5 Å². The molecule has 88 heavy (non-hydrogen) atoms. The second-order valence-corrected chi connectivity index (χ2v) is 20.6. The van der Waals surface area contributed by atoms with Gasteiger partial charge in [-0.2, -0.15) is 20.4 Å². The Morgan fingerprint density at radius 3 is 1.26 bits per heavy atom. The van der Waals surface area contributed by atoms with Crippen molar-refractivity contribution in [3.05, 3.63) is 320 Å². The van der Waals surface area contributed by atoms with Crippen LogP contribution in [0, 0.1) is 48.5 Å². The Balaban J connectivity index is 0.000000169. The molecule has 4 amide bonds. The molecule has 0 fully saturated rings. The number of aromatic hydroxyl groups is 1. The molecule has 0 saturated heterocycles. The van der Waals surface area contributed by atoms with Gasteiger partial charge in [0.15, 0.2) is 0 Å². The van der Waals surface area contributed by atoms with Crippen LogP contribution >= 0.6 is 0 Å². The van der Waals surface area contributed by atoms with Gasteiger partial charge in [0.1, 0.15) is 18.1 Å². The summed E-state index contributed by atoms with van der Waals surface area (Å²) >= 11 is 0. The van der Waals surface area contributed by atoms with Crippen molar-refractivity contribution in [3.8, 4) is 11.5 Å². The van der Waals surface area contributed by atoms with Gasteiger partial charge in [-0.25, -0.2) is 21.7 Å². The molecule has 0 radical (unpaired) electrons. The zero-order valence-corrected chi connectivity index (χ0v) is 50.2. The summed E-state index contributed by atoms with van der Waals surface area (Å²) in [6.45, 7) is 14.5. The second kappa shape index (κ2) is 33.2. The lowest BCUT2D eigenvalue weighted by Crippen LogP contribution is -2.17. The highest BCUT2D eigenvalue weighted by Gasteiger charge is 2.12. The molecule has 0 aliphatic heterocycles. The van der Waals surface area contributed by atoms with Gasteiger partial charge in [-0.3, -0.25) is 19.2 Å². The number of amides is 4. The van der Waals surface area contributed by atoms with E-state index >= 15 is 0 Å². The molecule has 14 nitrogen and oxygen atoms in total. The van der Waals surface area contributed by atoms with Crippen molar-refractivity contribution in [2.24, 2.45) is 20.4 Å². The number of hydrogen-bond acceptors (Lipinski definition) is 10. The summed E-state index contributed by atoms with van der Waals surface area (Å²) in [5.74, 6) is -0.316. The Hall–Kier alpha value is -11.4. The Bertz CT molecular complexity index is 4090. The Morgan fingerprint density at radius 1 is 0.375 bits per heavy atom. The predicted octanol–water partition coefficient (Wildman–Crippen LogP) is 14.4. The van der Waals surface area contributed by atoms with Crippen LogP contribution in [0.2, 0.25) is 0 Å². The quantitative estimate of drug-likeness (QED) is 0.0500. The second-order valence-electron chi connectivity index (χ2n) is 20.6. The lowest BCUT2D eigenvalue weighted by atomic mass is 10.1. The summed E-state index contributed by atoms with van der Waals surface area (Å²) in [7, 11) is 0. The maximum atomic E-state index is 12.2. The van der Waals surface area contributed by atoms with Crippen LogP contribution in [0.25, 0.3) is 10.8 Å². The summed E-state index contributed by atoms with van der Waals surface area (Å²) in [5.41, 5.74) is 24.7. The highest BCUT2D eigenvalue weighted by atomic mass is 16.5. The number of carbonyl (C=O) groups excluding carboxylic acids is 4. The van der Waals surface area contributed by atoms with Crippen LogP contribution < -0.4 is 26.4 Å². The summed E-state index contributed by atoms with van der Waals surface area (Å²) in [4.78, 5) is 47.8. The lowest BCUT2D eigenvalue weighted by molar-refractivity contribution is 0.0945. The van der Waals surface area contributed by atoms with Gasteiger partial charge in [0.2, 0.25) is 0 Å². The van der Waals surface area contributed by atoms with Crippen LogP contribution in [0.15, 0.2) is 251 Å². The average Bonchev–Trinajstić information content (AvgIpc) is 3.73. The van der Waals surface area contributed by atoms with Gasteiger partial charge in [0.25, 0.3) is 23.6 Å². The Morgan fingerprint density at radius 2 is 0.795 bits per heavy atom. The number of benzene rings is 10. The summed E-state index contributed by atoms with van der Waals surface area (Å²) in [6.07, 6.45) is 6.49. The number of hydrogen-bond donors (Lipinski definition) is 5. The van der Waals surface area contributed by atoms with Gasteiger partial charge in [0.05, 0.1) is 30.4 Å². The number of nitrogens with one attached hydrogen (secondary N) is 4. The van der Waals surface area contributed by atoms with Crippen molar-refractivity contribution in [3.63, 3.8) is 0 Å². The minimum atomic E-state index is -0.447. The molecular weight excluding hydrogens is 1100 g/mol. The number of rotatable bonds is 15. The largest absolute Gasteiger partial charge is 0.507 e. The molecule has 10 aromatic rings. The number of phenolic OH excluding ortho intramolecular Hbond substituents is 1. The smallest absolute Gasteiger partial charge is 0.275 e. The van der Waals surface area contributed by atoms with Gasteiger partial charge in [0, 0.05) is 16.7 Å². The topological polar surface area (TPSA) is 195 Å². The van der Waals surface area contributed by atoms with Crippen molar-refractivity contribution in [1.82, 2.24) is 21.7 Å². The molecule has 442 valence electrons. The molecule has 0 heterocycles. The minimum Gasteiger partial charge on any atom is -0.507 e. The van der Waals surface area contributed by atoms with Crippen LogP contribution in [0.1, 0.15) is 108 Å². The van der Waals surface area contributed by atoms with Gasteiger partial charge < -0.3 is 9.84 Å². The van der Waals surface area contributed by atoms with Gasteiger partial charge in [-0.15, -0.1) is 0 Å². The van der Waals surface area contributed by atoms with Gasteiger partial charge in [-0.1, -0.05) is 192 Å². The predicted molar refractivity (Wildman–Crippen MR) is 355 cm³/mol. The SMILES string of the molecule is Cc1ccc(C(=O)N/N=C/c2ccc(OCc3ccccc3)c(C)c2)cc1.Cc1ccc(C(=O)N/N=C/c2cccc(C)c2)cc1.Cc1ccc(C(=O)N/N=C/c2ccccc2C)cc1.Cc1cccc(/C=N/NC(=O)c2cc3ccccc3cc2O)c1. The average molecular weight is 1170 g/mol. The first-order chi connectivity index (χ1) is 42.6. The molecule has 0 aromatic heterocycles. The van der Waals surface area contributed by atoms with Crippen molar-refractivity contribution < 1.29 is 29.0 Å². The van der Waals surface area contributed by atoms with E-state index in [2.05, 4.69) is 42.1 Å². The van der Waals surface area contributed by atoms with Gasteiger partial charge >= 0.3 is 0 Å². The molecule has 10 rings (SSSR count). The third kappa shape index (κ3) is 21.0. The molecule has 0 aliphatic carbocycles. The molecule has 0 atom stereocenters. The van der Waals surface area contributed by atoms with E-state index in [1.165, 1.54) is 0 Å². The minimum absolute atomic E-state index is 0.0630. The van der Waals surface area contributed by atoms with Crippen molar-refractivity contribution in [1.29, 1.82) is 0 Å². The summed E-state index contributed by atoms with van der Waals surface area (Å²) in [5, 5.41) is 27.7. The van der Waals surface area contributed by atoms with Crippen LogP contribution in [-0.2, 0) is 6.61 Å². The van der Waals surface area contributed by atoms with E-state index in [0.717, 1.165) is 83.3 Å². The zero-order chi connectivity index (χ0) is 62.6. The number of hydrazone groups is 4. The fourth-order valence-corrected chi connectivity index (χ4v) is 8.32. The molecule has 0 spiro atoms. The fourth-order valence-electron chi connectivity index (χ4n) is 8.32. The highest BCUT2D eigenvalue weighted by molar-refractivity contribution is 6.02. The first kappa shape index (κ1) is 64.2. The van der Waals surface area contributed by atoms with Crippen LogP contribution in [0.3, 0.4) is 0 Å². The molecule has 10 aromatic carbocycles. The number of ether oxygens (including phenoxy) is 1. The summed E-state index contributed by atoms with van der Waals surface area (Å²) in [6, 6.07) is 72.3. The molecular formula is C74H70N8O6. The Kier molecular flexibility index (Phi) is 24.2. The third-order valence-electron chi connectivity index (χ3n) is 13.3. The third-order valence-corrected chi connectivity index (χ3v) is 13.3. The molecule has 14 heteroatoms. The first-order valence-corrected chi connectivity index (χ1v) is 28.3. The Labute approximate surface area is 514 Å². The lowest BCUT2D eigenvalue weighted by Gasteiger charge is -2.09. The van der Waals surface area contributed by atoms with Crippen molar-refractivity contribution in [2.75, 3.05) is 0 Å². The standard InChI is InChI=1S/C23H22N2O2.C19H16N2O2.2C16H16N2O/c1-17-8-11-21(12-9-17)23(26)25-24-15-20-10-13-22(18(2)14-20)27-16-19-6-4-3-5-7-19;1-13-5-4-6-14(9-13)12-20-21-19(23)17-10-15-7-2-3-8-16(15)11-18(17)22;1-12-6-8-15(9-7-12)16(19)18-17-11-14-5-3-4-13(2)10-14;1-12-7-9-14(10-8-12)16(19)18-17-11-15-6-4-3-5-13(15)2/h3-15H,16H2,1-2H3,(H,25,26);2-12,22H,1H3,(H,21,23);2*3-11H,1-2H3,(H,18,19)/b24-15+;20-12+;2*17-11+. The molecule has 5 N–H and O–H groups in total. The maximum Gasteiger partial charge on any atom is 0.275 e. The number of phenols is 1. The normalized spacial score (nSPS) is 10.8. The van der Waals surface area contributed by atoms with Gasteiger partial charge in [-0.05, 0) is 165 Å². The van der Waals surface area contributed by atoms with Crippen molar-refractivity contribution in [2.45, 2.75) is 55.1 Å². The van der Waals surface area contributed by atoms with E-state index < -0.39 is 5.91 Å². The number of fused-ring (bicyclic) bond motifs is 1. The van der Waals surface area contributed by atoms with Crippen LogP contribution in [0.4, 0.5) is 0 Å². The molecule has 0 bridgehead atoms. The van der Waals surface area contributed by atoms with Crippen molar-refractivity contribution >= 4 is 59.3 Å². The van der Waals surface area contributed by atoms with E-state index in [9.17, 15) is 24.3 Å². The van der Waals surface area contributed by atoms with E-state index in [1.807, 2.05) is 230 Å². The molecule has 0 unspecified atom stereocenters. The highest BCUT2D eigenvalue weighted by Crippen LogP contribution is 2.25. The first-order valence-electron chi connectivity index (χ1n) is 28.3. The number of aryl methyl sites for hydroxylation is 7. The monoisotopic (exact) mass is 1170 g/mol. The van der Waals surface area contributed by atoms with E-state index in [0.29, 0.717) is 23.3 Å². The molecule has 0 aliphatic rings. The van der Waals surface area contributed by atoms with E-state index in [1.54, 1.807) is 73.4 Å². The fraction of sp³-hybridized carbons (Fsp3) is 0.108. The molecule has 0 saturated carbocycles. The number of nitrogens with zero attached hydrogens (tertiary/aromatic N) is 4. The zero-order valence-electron chi connectivity index (χ0n) is 50.2. The van der Waals surface area contributed by atoms with Crippen LogP contribution in [-0.4, -0.2) is 53.6 Å². The maximum absolute atomic E-state index is 12.2. The van der Waals surface area contributed by atoms with E-state index in [-0.39, 0.29) is 29.0 Å². The summed E-state index contributed by atoms with van der Waals surface area (Å²) < 4.78 is 5.87. The van der Waals surface area contributed by atoms with E-state index in [4.69, 9.17) is 4.74 Å².